The number of anilines is 2. The lowest BCUT2D eigenvalue weighted by Crippen LogP contribution is -2.47. The average Bonchev–Trinajstić information content (AvgIpc) is 2.79. The Bertz CT molecular complexity index is 1050. The van der Waals surface area contributed by atoms with Crippen molar-refractivity contribution in [2.24, 2.45) is 0 Å². The Morgan fingerprint density at radius 2 is 1.63 bits per heavy atom. The summed E-state index contributed by atoms with van der Waals surface area (Å²) < 4.78 is 31.7. The van der Waals surface area contributed by atoms with Gasteiger partial charge >= 0.3 is 18.1 Å². The van der Waals surface area contributed by atoms with Crippen LogP contribution in [0, 0.1) is 6.92 Å². The van der Waals surface area contributed by atoms with Crippen LogP contribution in [-0.4, -0.2) is 71.9 Å². The van der Waals surface area contributed by atoms with Gasteiger partial charge in [-0.25, -0.2) is 9.59 Å². The summed E-state index contributed by atoms with van der Waals surface area (Å²) in [5.74, 6) is -3.99. The predicted molar refractivity (Wildman–Crippen MR) is 125 cm³/mol. The van der Waals surface area contributed by atoms with E-state index in [0.29, 0.717) is 16.9 Å². The molecule has 11 heteroatoms. The number of rotatable bonds is 6. The monoisotopic (exact) mass is 495 g/mol. The number of benzene rings is 2. The quantitative estimate of drug-likeness (QED) is 0.553. The topological polar surface area (TPSA) is 110 Å². The molecule has 1 aliphatic rings. The number of piperazine rings is 1. The summed E-state index contributed by atoms with van der Waals surface area (Å²) in [6, 6.07) is 12.4. The first-order valence-corrected chi connectivity index (χ1v) is 10.9. The first kappa shape index (κ1) is 27.6. The van der Waals surface area contributed by atoms with Gasteiger partial charge in [0.05, 0.1) is 11.3 Å². The van der Waals surface area contributed by atoms with Crippen LogP contribution in [0.3, 0.4) is 0 Å². The van der Waals surface area contributed by atoms with Crippen molar-refractivity contribution < 1.29 is 37.8 Å². The maximum atomic E-state index is 12.5. The van der Waals surface area contributed by atoms with Crippen LogP contribution in [0.1, 0.15) is 39.6 Å². The van der Waals surface area contributed by atoms with Crippen molar-refractivity contribution in [3.63, 3.8) is 0 Å². The van der Waals surface area contributed by atoms with Gasteiger partial charge < -0.3 is 20.4 Å². The highest BCUT2D eigenvalue weighted by Crippen LogP contribution is 2.26. The first-order chi connectivity index (χ1) is 16.4. The number of nitrogens with one attached hydrogen (secondary N) is 1. The van der Waals surface area contributed by atoms with Gasteiger partial charge in [-0.05, 0) is 50.2 Å². The van der Waals surface area contributed by atoms with E-state index < -0.39 is 18.1 Å². The van der Waals surface area contributed by atoms with Crippen molar-refractivity contribution in [3.05, 3.63) is 59.2 Å². The lowest BCUT2D eigenvalue weighted by atomic mass is 10.1. The molecule has 0 radical (unpaired) electrons. The Morgan fingerprint density at radius 1 is 1.00 bits per heavy atom. The minimum absolute atomic E-state index is 0.214. The van der Waals surface area contributed by atoms with Crippen LogP contribution >= 0.6 is 0 Å². The Hall–Kier alpha value is -3.60. The molecule has 0 spiro atoms. The lowest BCUT2D eigenvalue weighted by Gasteiger charge is -2.36. The van der Waals surface area contributed by atoms with E-state index in [4.69, 9.17) is 9.90 Å². The highest BCUT2D eigenvalue weighted by molar-refractivity contribution is 6.05. The summed E-state index contributed by atoms with van der Waals surface area (Å²) in [5.41, 5.74) is 2.95. The van der Waals surface area contributed by atoms with Gasteiger partial charge in [-0.15, -0.1) is 0 Å². The van der Waals surface area contributed by atoms with Gasteiger partial charge in [0.2, 0.25) is 0 Å². The zero-order valence-electron chi connectivity index (χ0n) is 19.4. The number of carboxylic acids is 2. The number of halogens is 3. The molecule has 1 saturated heterocycles. The Morgan fingerprint density at radius 3 is 2.14 bits per heavy atom. The third-order valence-corrected chi connectivity index (χ3v) is 5.26. The molecule has 3 rings (SSSR count). The van der Waals surface area contributed by atoms with E-state index in [-0.39, 0.29) is 11.5 Å². The molecule has 190 valence electrons. The zero-order chi connectivity index (χ0) is 26.2. The van der Waals surface area contributed by atoms with E-state index in [9.17, 15) is 27.9 Å². The van der Waals surface area contributed by atoms with E-state index >= 15 is 0 Å². The molecule has 2 aromatic rings. The highest BCUT2D eigenvalue weighted by Gasteiger charge is 2.38. The number of carbonyl (C=O) groups is 3. The molecule has 35 heavy (non-hydrogen) atoms. The zero-order valence-corrected chi connectivity index (χ0v) is 19.4. The second-order valence-corrected chi connectivity index (χ2v) is 7.99. The summed E-state index contributed by atoms with van der Waals surface area (Å²) in [5, 5.41) is 19.6. The predicted octanol–water partition coefficient (Wildman–Crippen LogP) is 4.11. The summed E-state index contributed by atoms with van der Waals surface area (Å²) in [6.45, 7) is 8.62. The molecular formula is C24H28F3N3O5. The molecular weight excluding hydrogens is 467 g/mol. The number of alkyl halides is 3. The maximum Gasteiger partial charge on any atom is 0.490 e. The van der Waals surface area contributed by atoms with E-state index in [2.05, 4.69) is 22.0 Å². The fourth-order valence-corrected chi connectivity index (χ4v) is 3.58. The van der Waals surface area contributed by atoms with E-state index in [0.717, 1.165) is 44.7 Å². The number of aliphatic carboxylic acids is 1. The van der Waals surface area contributed by atoms with Crippen LogP contribution in [0.25, 0.3) is 0 Å². The highest BCUT2D eigenvalue weighted by atomic mass is 19.4. The van der Waals surface area contributed by atoms with Gasteiger partial charge in [-0.3, -0.25) is 9.69 Å². The molecule has 2 aromatic carbocycles. The van der Waals surface area contributed by atoms with Crippen molar-refractivity contribution in [1.29, 1.82) is 0 Å². The van der Waals surface area contributed by atoms with Gasteiger partial charge in [-0.1, -0.05) is 24.6 Å². The Labute approximate surface area is 201 Å². The van der Waals surface area contributed by atoms with Gasteiger partial charge in [0.15, 0.2) is 0 Å². The van der Waals surface area contributed by atoms with Crippen LogP contribution in [0.4, 0.5) is 24.5 Å². The molecule has 0 unspecified atom stereocenters. The number of aromatic carboxylic acids is 1. The molecule has 0 aliphatic carbocycles. The normalized spacial score (nSPS) is 14.0. The molecule has 0 bridgehead atoms. The molecule has 1 aliphatic heterocycles. The molecule has 1 amide bonds. The van der Waals surface area contributed by atoms with Gasteiger partial charge in [0.25, 0.3) is 5.91 Å². The fraction of sp³-hybridized carbons (Fsp3) is 0.375. The van der Waals surface area contributed by atoms with Gasteiger partial charge in [-0.2, -0.15) is 13.2 Å². The fourth-order valence-electron chi connectivity index (χ4n) is 3.58. The minimum Gasteiger partial charge on any atom is -0.478 e. The van der Waals surface area contributed by atoms with Crippen LogP contribution in [-0.2, 0) is 4.79 Å². The third kappa shape index (κ3) is 8.29. The van der Waals surface area contributed by atoms with E-state index in [1.54, 1.807) is 30.3 Å². The van der Waals surface area contributed by atoms with Crippen molar-refractivity contribution in [2.45, 2.75) is 26.4 Å². The van der Waals surface area contributed by atoms with Crippen molar-refractivity contribution >= 4 is 29.2 Å². The number of amides is 1. The Balaban J connectivity index is 0.000000540. The second-order valence-electron chi connectivity index (χ2n) is 7.99. The van der Waals surface area contributed by atoms with E-state index in [1.165, 1.54) is 0 Å². The maximum absolute atomic E-state index is 12.5. The van der Waals surface area contributed by atoms with Crippen molar-refractivity contribution in [3.8, 4) is 0 Å². The third-order valence-electron chi connectivity index (χ3n) is 5.26. The smallest absolute Gasteiger partial charge is 0.478 e. The number of hydrogen-bond acceptors (Lipinski definition) is 5. The largest absolute Gasteiger partial charge is 0.490 e. The molecule has 0 saturated carbocycles. The molecule has 8 nitrogen and oxygen atoms in total. The van der Waals surface area contributed by atoms with Crippen LogP contribution in [0.15, 0.2) is 42.5 Å². The molecule has 3 N–H and O–H groups in total. The molecule has 0 atom stereocenters. The van der Waals surface area contributed by atoms with Gasteiger partial charge in [0, 0.05) is 37.4 Å². The first-order valence-electron chi connectivity index (χ1n) is 10.9. The summed E-state index contributed by atoms with van der Waals surface area (Å²) in [4.78, 5) is 37.7. The number of carbonyl (C=O) groups excluding carboxylic acids is 1. The summed E-state index contributed by atoms with van der Waals surface area (Å²) in [6.07, 6.45) is -3.96. The average molecular weight is 495 g/mol. The van der Waals surface area contributed by atoms with Crippen LogP contribution in [0.5, 0.6) is 0 Å². The van der Waals surface area contributed by atoms with Crippen LogP contribution < -0.4 is 10.2 Å². The van der Waals surface area contributed by atoms with Crippen LogP contribution in [0.2, 0.25) is 0 Å². The lowest BCUT2D eigenvalue weighted by molar-refractivity contribution is -0.192. The van der Waals surface area contributed by atoms with Crippen molar-refractivity contribution in [1.82, 2.24) is 4.90 Å². The van der Waals surface area contributed by atoms with Crippen molar-refractivity contribution in [2.75, 3.05) is 42.9 Å². The second kappa shape index (κ2) is 12.2. The van der Waals surface area contributed by atoms with E-state index in [1.807, 2.05) is 19.1 Å². The number of hydrogen-bond donors (Lipinski definition) is 3. The standard InChI is InChI=1S/C22H27N3O3.C2HF3O2/c1-3-9-24-10-12-25(13-11-24)20-8-7-18(15-19(20)22(27)28)23-21(26)17-6-4-5-16(2)14-17;3-2(4,5)1(6)7/h4-8,14-15H,3,9-13H2,1-2H3,(H,23,26)(H,27,28);(H,6,7). The number of aryl methyl sites for hydroxylation is 1. The number of nitrogens with zero attached hydrogens (tertiary/aromatic N) is 2. The summed E-state index contributed by atoms with van der Waals surface area (Å²) >= 11 is 0. The van der Waals surface area contributed by atoms with Gasteiger partial charge in [0.1, 0.15) is 0 Å². The number of carboxylic acid groups (broad SMARTS) is 2. The minimum atomic E-state index is -5.08. The Kier molecular flexibility index (Phi) is 9.64. The summed E-state index contributed by atoms with van der Waals surface area (Å²) in [7, 11) is 0. The SMILES string of the molecule is CCCN1CCN(c2ccc(NC(=O)c3cccc(C)c3)cc2C(=O)O)CC1.O=C(O)C(F)(F)F. The molecule has 1 heterocycles. The molecule has 1 fully saturated rings. The molecule has 0 aromatic heterocycles.